The second-order valence-electron chi connectivity index (χ2n) is 4.46. The molecule has 0 fully saturated rings. The van der Waals surface area contributed by atoms with Gasteiger partial charge in [-0.15, -0.1) is 0 Å². The first-order valence-corrected chi connectivity index (χ1v) is 7.00. The summed E-state index contributed by atoms with van der Waals surface area (Å²) < 4.78 is 18.9. The van der Waals surface area contributed by atoms with Gasteiger partial charge in [0.25, 0.3) is 0 Å². The molecule has 106 valence electrons. The van der Waals surface area contributed by atoms with Gasteiger partial charge in [-0.3, -0.25) is 0 Å². The third-order valence-corrected chi connectivity index (χ3v) is 3.10. The Morgan fingerprint density at radius 1 is 1.20 bits per heavy atom. The molecule has 0 aliphatic rings. The van der Waals surface area contributed by atoms with Crippen LogP contribution in [0.4, 0.5) is 4.39 Å². The lowest BCUT2D eigenvalue weighted by atomic mass is 10.2. The number of hydrogen-bond acceptors (Lipinski definition) is 2. The predicted octanol–water partition coefficient (Wildman–Crippen LogP) is 4.77. The third-order valence-electron chi connectivity index (χ3n) is 2.81. The lowest BCUT2D eigenvalue weighted by molar-refractivity contribution is 0.467. The van der Waals surface area contributed by atoms with Gasteiger partial charge in [0, 0.05) is 18.2 Å². The van der Waals surface area contributed by atoms with Gasteiger partial charge in [0.15, 0.2) is 0 Å². The number of nitrogens with one attached hydrogen (secondary N) is 1. The molecule has 4 heteroatoms. The topological polar surface area (TPSA) is 21.3 Å². The maximum absolute atomic E-state index is 13.2. The smallest absolute Gasteiger partial charge is 0.150 e. The molecule has 1 N–H and O–H groups in total. The zero-order valence-corrected chi connectivity index (χ0v) is 12.1. The van der Waals surface area contributed by atoms with Crippen LogP contribution < -0.4 is 10.1 Å². The summed E-state index contributed by atoms with van der Waals surface area (Å²) in [7, 11) is 0. The van der Waals surface area contributed by atoms with Gasteiger partial charge in [-0.1, -0.05) is 36.7 Å². The predicted molar refractivity (Wildman–Crippen MR) is 79.9 cm³/mol. The van der Waals surface area contributed by atoms with E-state index in [1.54, 1.807) is 18.2 Å². The minimum absolute atomic E-state index is 0.333. The molecule has 20 heavy (non-hydrogen) atoms. The van der Waals surface area contributed by atoms with Crippen LogP contribution in [0, 0.1) is 5.82 Å². The minimum atomic E-state index is -0.333. The Balaban J connectivity index is 2.21. The lowest BCUT2D eigenvalue weighted by Gasteiger charge is -2.13. The fourth-order valence-electron chi connectivity index (χ4n) is 1.86. The molecule has 0 heterocycles. The fourth-order valence-corrected chi connectivity index (χ4v) is 2.09. The molecule has 0 radical (unpaired) electrons. The number of halogens is 2. The average molecular weight is 294 g/mol. The Kier molecular flexibility index (Phi) is 5.39. The van der Waals surface area contributed by atoms with Gasteiger partial charge in [-0.05, 0) is 31.2 Å². The Hall–Kier alpha value is -1.58. The highest BCUT2D eigenvalue weighted by Crippen LogP contribution is 2.33. The molecule has 0 aliphatic heterocycles. The molecule has 2 aromatic rings. The molecule has 0 aromatic heterocycles. The van der Waals surface area contributed by atoms with Gasteiger partial charge in [-0.2, -0.15) is 0 Å². The van der Waals surface area contributed by atoms with Crippen LogP contribution >= 0.6 is 11.6 Å². The number of ether oxygens (including phenoxy) is 1. The zero-order chi connectivity index (χ0) is 14.4. The molecule has 0 amide bonds. The first-order chi connectivity index (χ1) is 9.70. The van der Waals surface area contributed by atoms with Crippen molar-refractivity contribution in [2.45, 2.75) is 19.9 Å². The van der Waals surface area contributed by atoms with Crippen LogP contribution in [0.5, 0.6) is 11.5 Å². The first kappa shape index (κ1) is 14.8. The second kappa shape index (κ2) is 7.27. The van der Waals surface area contributed by atoms with E-state index >= 15 is 0 Å². The maximum atomic E-state index is 13.2. The van der Waals surface area contributed by atoms with Crippen molar-refractivity contribution < 1.29 is 9.13 Å². The highest BCUT2D eigenvalue weighted by Gasteiger charge is 2.09. The normalized spacial score (nSPS) is 10.6. The lowest BCUT2D eigenvalue weighted by Crippen LogP contribution is -2.14. The van der Waals surface area contributed by atoms with Crippen LogP contribution in [0.15, 0.2) is 42.5 Å². The summed E-state index contributed by atoms with van der Waals surface area (Å²) in [6, 6.07) is 11.6. The van der Waals surface area contributed by atoms with Gasteiger partial charge in [-0.25, -0.2) is 4.39 Å². The number of rotatable bonds is 6. The van der Waals surface area contributed by atoms with Crippen LogP contribution in [0.1, 0.15) is 18.9 Å². The maximum Gasteiger partial charge on any atom is 0.150 e. The Bertz CT molecular complexity index is 574. The molecule has 0 atom stereocenters. The summed E-state index contributed by atoms with van der Waals surface area (Å²) in [5.74, 6) is 0.679. The van der Waals surface area contributed by atoms with Gasteiger partial charge in [0.2, 0.25) is 0 Å². The van der Waals surface area contributed by atoms with Crippen molar-refractivity contribution in [1.29, 1.82) is 0 Å². The van der Waals surface area contributed by atoms with Crippen molar-refractivity contribution in [1.82, 2.24) is 5.32 Å². The number of para-hydroxylation sites is 1. The van der Waals surface area contributed by atoms with Gasteiger partial charge in [0.05, 0.1) is 5.02 Å². The molecule has 2 nitrogen and oxygen atoms in total. The van der Waals surface area contributed by atoms with E-state index in [9.17, 15) is 4.39 Å². The van der Waals surface area contributed by atoms with Crippen molar-refractivity contribution in [3.63, 3.8) is 0 Å². The monoisotopic (exact) mass is 293 g/mol. The summed E-state index contributed by atoms with van der Waals surface area (Å²) in [5, 5.41) is 3.82. The summed E-state index contributed by atoms with van der Waals surface area (Å²) >= 11 is 6.19. The molecule has 0 spiro atoms. The Morgan fingerprint density at radius 2 is 2.00 bits per heavy atom. The summed E-state index contributed by atoms with van der Waals surface area (Å²) in [6.45, 7) is 3.69. The summed E-state index contributed by atoms with van der Waals surface area (Å²) in [4.78, 5) is 0. The fraction of sp³-hybridized carbons (Fsp3) is 0.250. The third kappa shape index (κ3) is 3.95. The summed E-state index contributed by atoms with van der Waals surface area (Å²) in [5.41, 5.74) is 0.954. The van der Waals surface area contributed by atoms with Crippen molar-refractivity contribution >= 4 is 11.6 Å². The minimum Gasteiger partial charge on any atom is -0.455 e. The van der Waals surface area contributed by atoms with Crippen LogP contribution in [-0.2, 0) is 6.54 Å². The van der Waals surface area contributed by atoms with E-state index < -0.39 is 0 Å². The number of hydrogen-bond donors (Lipinski definition) is 1. The quantitative estimate of drug-likeness (QED) is 0.775. The van der Waals surface area contributed by atoms with E-state index in [1.165, 1.54) is 12.1 Å². The van der Waals surface area contributed by atoms with Crippen LogP contribution in [0.3, 0.4) is 0 Å². The molecule has 2 rings (SSSR count). The van der Waals surface area contributed by atoms with Gasteiger partial charge in [0.1, 0.15) is 17.3 Å². The molecule has 0 unspecified atom stereocenters. The van der Waals surface area contributed by atoms with E-state index in [-0.39, 0.29) is 5.82 Å². The molecule has 0 saturated carbocycles. The molecular formula is C16H17ClFNO. The van der Waals surface area contributed by atoms with E-state index in [4.69, 9.17) is 16.3 Å². The van der Waals surface area contributed by atoms with Crippen molar-refractivity contribution in [2.75, 3.05) is 6.54 Å². The van der Waals surface area contributed by atoms with E-state index in [2.05, 4.69) is 12.2 Å². The molecular weight excluding hydrogens is 277 g/mol. The van der Waals surface area contributed by atoms with Crippen molar-refractivity contribution in [3.8, 4) is 11.5 Å². The van der Waals surface area contributed by atoms with E-state index in [0.717, 1.165) is 18.5 Å². The molecule has 0 saturated heterocycles. The number of benzene rings is 2. The van der Waals surface area contributed by atoms with Crippen LogP contribution in [-0.4, -0.2) is 6.54 Å². The molecule has 0 aliphatic carbocycles. The average Bonchev–Trinajstić information content (AvgIpc) is 2.43. The highest BCUT2D eigenvalue weighted by atomic mass is 35.5. The van der Waals surface area contributed by atoms with E-state index in [0.29, 0.717) is 23.1 Å². The van der Waals surface area contributed by atoms with Crippen molar-refractivity contribution in [2.24, 2.45) is 0 Å². The first-order valence-electron chi connectivity index (χ1n) is 6.62. The van der Waals surface area contributed by atoms with Crippen molar-refractivity contribution in [3.05, 3.63) is 58.9 Å². The van der Waals surface area contributed by atoms with Crippen LogP contribution in [0.25, 0.3) is 0 Å². The molecule has 2 aromatic carbocycles. The Labute approximate surface area is 123 Å². The molecule has 0 bridgehead atoms. The van der Waals surface area contributed by atoms with Crippen LogP contribution in [0.2, 0.25) is 5.02 Å². The zero-order valence-electron chi connectivity index (χ0n) is 11.3. The largest absolute Gasteiger partial charge is 0.455 e. The standard InChI is InChI=1S/C16H17ClFNO/c1-2-9-19-11-12-5-3-8-15(17)16(12)20-14-7-4-6-13(18)10-14/h3-8,10,19H,2,9,11H2,1H3. The van der Waals surface area contributed by atoms with Gasteiger partial charge >= 0.3 is 0 Å². The highest BCUT2D eigenvalue weighted by molar-refractivity contribution is 6.32. The van der Waals surface area contributed by atoms with Gasteiger partial charge < -0.3 is 10.1 Å². The Morgan fingerprint density at radius 3 is 2.75 bits per heavy atom. The van der Waals surface area contributed by atoms with E-state index in [1.807, 2.05) is 12.1 Å². The second-order valence-corrected chi connectivity index (χ2v) is 4.87. The SMILES string of the molecule is CCCNCc1cccc(Cl)c1Oc1cccc(F)c1. The summed E-state index contributed by atoms with van der Waals surface area (Å²) in [6.07, 6.45) is 1.06.